The third-order valence-electron chi connectivity index (χ3n) is 13.6. The molecule has 3 aliphatic heterocycles. The van der Waals surface area contributed by atoms with E-state index < -0.39 is 24.3 Å². The number of amides is 4. The van der Waals surface area contributed by atoms with Crippen molar-refractivity contribution >= 4 is 45.8 Å². The summed E-state index contributed by atoms with van der Waals surface area (Å²) in [7, 11) is 4.23. The minimum Gasteiger partial charge on any atom is -0.488 e. The molecule has 65 heavy (non-hydrogen) atoms. The van der Waals surface area contributed by atoms with Crippen LogP contribution in [0.4, 0.5) is 9.59 Å². The number of fused-ring (bicyclic) bond motifs is 7. The highest BCUT2D eigenvalue weighted by Crippen LogP contribution is 2.54. The molecule has 16 heteroatoms. The summed E-state index contributed by atoms with van der Waals surface area (Å²) >= 11 is 0. The van der Waals surface area contributed by atoms with Gasteiger partial charge in [0.2, 0.25) is 5.91 Å². The second-order valence-electron chi connectivity index (χ2n) is 18.0. The molecule has 7 atom stereocenters. The SMILES string of the molecule is COC[C@H]1C[C@@H](c2ncc(-c3ccc4c(c3)COc3cc5c(ccc6[nH]c([C@@H]7C[C@@H]8C[C@H]8N7C(=O)[C@@H](NC(=O)OC)C(C)C)nc65)cc3-4)[nH]2)N(C(=O)[C@H](NC(=O)OC)c2ccccc2)C1. The van der Waals surface area contributed by atoms with Crippen molar-refractivity contribution in [1.82, 2.24) is 40.4 Å². The Morgan fingerprint density at radius 1 is 0.846 bits per heavy atom. The van der Waals surface area contributed by atoms with Crippen molar-refractivity contribution in [2.45, 2.75) is 69.9 Å². The molecule has 10 rings (SSSR count). The average Bonchev–Trinajstić information content (AvgIpc) is 3.79. The predicted octanol–water partition coefficient (Wildman–Crippen LogP) is 7.34. The van der Waals surface area contributed by atoms with E-state index in [1.165, 1.54) is 14.2 Å². The first kappa shape index (κ1) is 42.0. The molecular weight excluding hydrogens is 829 g/mol. The lowest BCUT2D eigenvalue weighted by atomic mass is 9.92. The van der Waals surface area contributed by atoms with Gasteiger partial charge >= 0.3 is 12.2 Å². The molecule has 0 unspecified atom stereocenters. The van der Waals surface area contributed by atoms with Crippen molar-refractivity contribution in [2.75, 3.05) is 34.5 Å². The minimum atomic E-state index is -0.947. The second kappa shape index (κ2) is 16.9. The molecule has 336 valence electrons. The van der Waals surface area contributed by atoms with E-state index in [9.17, 15) is 19.2 Å². The molecule has 0 spiro atoms. The number of rotatable bonds is 11. The first-order chi connectivity index (χ1) is 31.5. The van der Waals surface area contributed by atoms with E-state index in [4.69, 9.17) is 28.9 Å². The number of carbonyl (C=O) groups excluding carboxylic acids is 4. The summed E-state index contributed by atoms with van der Waals surface area (Å²) in [6.07, 6.45) is 2.88. The van der Waals surface area contributed by atoms with E-state index in [0.717, 1.165) is 74.2 Å². The van der Waals surface area contributed by atoms with E-state index in [2.05, 4.69) is 57.0 Å². The van der Waals surface area contributed by atoms with Gasteiger partial charge in [-0.25, -0.2) is 19.6 Å². The van der Waals surface area contributed by atoms with E-state index in [1.807, 2.05) is 55.1 Å². The minimum absolute atomic E-state index is 0.0694. The zero-order valence-corrected chi connectivity index (χ0v) is 36.9. The number of nitrogens with zero attached hydrogens (tertiary/aromatic N) is 4. The van der Waals surface area contributed by atoms with Crippen LogP contribution in [0.2, 0.25) is 0 Å². The number of aromatic amines is 2. The quantitative estimate of drug-likeness (QED) is 0.102. The Labute approximate surface area is 375 Å². The topological polar surface area (TPSA) is 193 Å². The van der Waals surface area contributed by atoms with E-state index in [1.54, 1.807) is 18.2 Å². The number of nitrogens with one attached hydrogen (secondary N) is 4. The number of ether oxygens (including phenoxy) is 4. The highest BCUT2D eigenvalue weighted by Gasteiger charge is 2.56. The molecule has 4 aromatic carbocycles. The summed E-state index contributed by atoms with van der Waals surface area (Å²) in [5.74, 6) is 2.13. The summed E-state index contributed by atoms with van der Waals surface area (Å²) in [6, 6.07) is 21.6. The third-order valence-corrected chi connectivity index (χ3v) is 13.6. The van der Waals surface area contributed by atoms with Gasteiger partial charge in [-0.15, -0.1) is 0 Å². The smallest absolute Gasteiger partial charge is 0.407 e. The Bertz CT molecular complexity index is 2820. The van der Waals surface area contributed by atoms with Gasteiger partial charge in [0.1, 0.15) is 36.1 Å². The van der Waals surface area contributed by atoms with Crippen LogP contribution >= 0.6 is 0 Å². The first-order valence-corrected chi connectivity index (χ1v) is 22.2. The van der Waals surface area contributed by atoms with Crippen molar-refractivity contribution in [1.29, 1.82) is 0 Å². The van der Waals surface area contributed by atoms with Gasteiger partial charge in [-0.2, -0.15) is 0 Å². The summed E-state index contributed by atoms with van der Waals surface area (Å²) in [5.41, 5.74) is 7.14. The molecule has 3 fully saturated rings. The van der Waals surface area contributed by atoms with Gasteiger partial charge in [0, 0.05) is 36.6 Å². The fourth-order valence-corrected chi connectivity index (χ4v) is 10.2. The van der Waals surface area contributed by atoms with Crippen LogP contribution in [0.1, 0.15) is 74.0 Å². The van der Waals surface area contributed by atoms with E-state index >= 15 is 0 Å². The second-order valence-corrected chi connectivity index (χ2v) is 18.0. The summed E-state index contributed by atoms with van der Waals surface area (Å²) in [5, 5.41) is 7.45. The van der Waals surface area contributed by atoms with Gasteiger partial charge in [0.25, 0.3) is 5.91 Å². The summed E-state index contributed by atoms with van der Waals surface area (Å²) in [6.45, 7) is 5.12. The van der Waals surface area contributed by atoms with Crippen LogP contribution in [0, 0.1) is 17.8 Å². The number of alkyl carbamates (subject to hydrolysis) is 2. The lowest BCUT2D eigenvalue weighted by Gasteiger charge is -2.31. The molecule has 4 N–H and O–H groups in total. The molecule has 4 aliphatic rings. The molecule has 0 bridgehead atoms. The van der Waals surface area contributed by atoms with Crippen LogP contribution in [0.5, 0.6) is 5.75 Å². The monoisotopic (exact) mass is 880 g/mol. The summed E-state index contributed by atoms with van der Waals surface area (Å²) in [4.78, 5) is 73.7. The molecule has 1 saturated carbocycles. The van der Waals surface area contributed by atoms with Crippen LogP contribution in [-0.4, -0.2) is 100 Å². The molecule has 2 saturated heterocycles. The van der Waals surface area contributed by atoms with Crippen molar-refractivity contribution in [3.05, 3.63) is 102 Å². The lowest BCUT2D eigenvalue weighted by molar-refractivity contribution is -0.137. The lowest BCUT2D eigenvalue weighted by Crippen LogP contribution is -2.52. The fraction of sp³-hybridized carbons (Fsp3) is 0.388. The van der Waals surface area contributed by atoms with Crippen LogP contribution in [-0.2, 0) is 30.4 Å². The van der Waals surface area contributed by atoms with Crippen LogP contribution < -0.4 is 15.4 Å². The Morgan fingerprint density at radius 2 is 1.65 bits per heavy atom. The molecule has 0 radical (unpaired) electrons. The maximum Gasteiger partial charge on any atom is 0.407 e. The number of piperidine rings is 1. The van der Waals surface area contributed by atoms with E-state index in [0.29, 0.717) is 43.5 Å². The number of hydrogen-bond acceptors (Lipinski definition) is 10. The zero-order chi connectivity index (χ0) is 45.1. The number of likely N-dealkylation sites (tertiary alicyclic amines) is 2. The van der Waals surface area contributed by atoms with Gasteiger partial charge in [0.05, 0.1) is 55.8 Å². The maximum absolute atomic E-state index is 14.3. The number of benzene rings is 4. The molecular formula is C49H52N8O8. The fourth-order valence-electron chi connectivity index (χ4n) is 10.2. The molecule has 6 aromatic rings. The van der Waals surface area contributed by atoms with Gasteiger partial charge in [0.15, 0.2) is 0 Å². The van der Waals surface area contributed by atoms with Gasteiger partial charge < -0.3 is 49.3 Å². The maximum atomic E-state index is 14.3. The standard InChI is InChI=1S/C49H52N8O8/c1-25(2)41(54-48(60)63-4)47(59)57-37-18-30(37)19-39(57)45-51-35-14-12-28-17-34-32-13-11-29(16-31(32)24-65-40(34)20-33(28)43(35)53-45)36-21-50-44(52-36)38-15-26(23-62-3)22-56(38)46(58)42(55-49(61)64-5)27-9-7-6-8-10-27/h6-14,16-17,20-21,25-26,30,37-39,41-42H,15,18-19,22-24H2,1-5H3,(H,50,52)(H,51,53)(H,54,60)(H,55,61)/t26-,30-,37+,38-,39-,41-,42+/m0/s1. The molecule has 1 aliphatic carbocycles. The molecule has 2 aromatic heterocycles. The van der Waals surface area contributed by atoms with Gasteiger partial charge in [-0.05, 0) is 83.0 Å². The number of carbonyl (C=O) groups is 4. The number of hydrogen-bond donors (Lipinski definition) is 4. The highest BCUT2D eigenvalue weighted by molar-refractivity contribution is 6.07. The largest absolute Gasteiger partial charge is 0.488 e. The number of methoxy groups -OCH3 is 3. The molecule has 5 heterocycles. The Hall–Kier alpha value is -6.94. The number of imidazole rings is 2. The average molecular weight is 881 g/mol. The summed E-state index contributed by atoms with van der Waals surface area (Å²) < 4.78 is 21.7. The predicted molar refractivity (Wildman–Crippen MR) is 240 cm³/mol. The Kier molecular flexibility index (Phi) is 10.9. The van der Waals surface area contributed by atoms with Crippen molar-refractivity contribution in [2.24, 2.45) is 17.8 Å². The number of aromatic nitrogens is 4. The van der Waals surface area contributed by atoms with Crippen molar-refractivity contribution in [3.63, 3.8) is 0 Å². The van der Waals surface area contributed by atoms with E-state index in [-0.39, 0.29) is 41.8 Å². The van der Waals surface area contributed by atoms with Gasteiger partial charge in [-0.3, -0.25) is 9.59 Å². The van der Waals surface area contributed by atoms with Crippen LogP contribution in [0.15, 0.2) is 79.0 Å². The molecule has 4 amide bonds. The van der Waals surface area contributed by atoms with Crippen LogP contribution in [0.25, 0.3) is 44.2 Å². The highest BCUT2D eigenvalue weighted by atomic mass is 16.5. The van der Waals surface area contributed by atoms with Crippen LogP contribution in [0.3, 0.4) is 0 Å². The normalized spacial score (nSPS) is 21.6. The van der Waals surface area contributed by atoms with Gasteiger partial charge in [-0.1, -0.05) is 62.4 Å². The Balaban J connectivity index is 0.908. The Morgan fingerprint density at radius 3 is 2.42 bits per heavy atom. The number of H-pyrrole nitrogens is 2. The van der Waals surface area contributed by atoms with Crippen molar-refractivity contribution in [3.8, 4) is 28.1 Å². The van der Waals surface area contributed by atoms with Crippen molar-refractivity contribution < 1.29 is 38.1 Å². The zero-order valence-electron chi connectivity index (χ0n) is 36.9. The third kappa shape index (κ3) is 7.68. The first-order valence-electron chi connectivity index (χ1n) is 22.2. The molecule has 16 nitrogen and oxygen atoms in total.